The fourth-order valence-electron chi connectivity index (χ4n) is 1.41. The van der Waals surface area contributed by atoms with E-state index in [0.717, 1.165) is 5.56 Å². The maximum absolute atomic E-state index is 11.0. The van der Waals surface area contributed by atoms with Crippen molar-refractivity contribution in [2.75, 3.05) is 6.61 Å². The molecule has 1 aromatic rings. The molecule has 6 heteroatoms. The Labute approximate surface area is 104 Å². The van der Waals surface area contributed by atoms with Gasteiger partial charge >= 0.3 is 0 Å². The summed E-state index contributed by atoms with van der Waals surface area (Å²) in [6.45, 7) is -0.00401. The second kappa shape index (κ2) is 7.05. The van der Waals surface area contributed by atoms with Gasteiger partial charge < -0.3 is 15.8 Å². The predicted molar refractivity (Wildman–Crippen MR) is 63.9 cm³/mol. The molecule has 0 aliphatic heterocycles. The van der Waals surface area contributed by atoms with Crippen molar-refractivity contribution < 1.29 is 19.1 Å². The van der Waals surface area contributed by atoms with Crippen molar-refractivity contribution in [3.05, 3.63) is 29.8 Å². The van der Waals surface area contributed by atoms with Crippen LogP contribution < -0.4 is 15.8 Å². The number of ether oxygens (including phenoxy) is 1. The summed E-state index contributed by atoms with van der Waals surface area (Å²) in [5, 5.41) is 2.35. The highest BCUT2D eigenvalue weighted by atomic mass is 16.5. The highest BCUT2D eigenvalue weighted by Gasteiger charge is 2.14. The molecule has 0 bridgehead atoms. The number of aldehydes is 1. The standard InChI is InChI=1S/C12H14N2O4/c13-12(17)11(14-8-16)7-9-1-3-10(4-2-9)18-6-5-15/h1-5,8,11H,6-7H2,(H2,13,17)(H,14,16)/t11-/m0/s1. The van der Waals surface area contributed by atoms with E-state index in [1.165, 1.54) is 0 Å². The first kappa shape index (κ1) is 13.7. The van der Waals surface area contributed by atoms with Gasteiger partial charge in [-0.05, 0) is 17.7 Å². The molecule has 2 amide bonds. The van der Waals surface area contributed by atoms with E-state index in [9.17, 15) is 14.4 Å². The van der Waals surface area contributed by atoms with Gasteiger partial charge in [0.1, 0.15) is 18.4 Å². The number of benzene rings is 1. The smallest absolute Gasteiger partial charge is 0.240 e. The summed E-state index contributed by atoms with van der Waals surface area (Å²) < 4.78 is 5.08. The van der Waals surface area contributed by atoms with Gasteiger partial charge in [-0.1, -0.05) is 12.1 Å². The molecule has 1 aromatic carbocycles. The number of nitrogens with one attached hydrogen (secondary N) is 1. The van der Waals surface area contributed by atoms with E-state index < -0.39 is 11.9 Å². The average molecular weight is 250 g/mol. The lowest BCUT2D eigenvalue weighted by Crippen LogP contribution is -2.42. The van der Waals surface area contributed by atoms with Gasteiger partial charge in [0.2, 0.25) is 12.3 Å². The molecule has 0 aliphatic carbocycles. The lowest BCUT2D eigenvalue weighted by atomic mass is 10.1. The number of primary amides is 1. The number of hydrogen-bond acceptors (Lipinski definition) is 4. The minimum absolute atomic E-state index is 0.00401. The average Bonchev–Trinajstić information content (AvgIpc) is 2.37. The van der Waals surface area contributed by atoms with Crippen molar-refractivity contribution in [1.82, 2.24) is 5.32 Å². The molecule has 96 valence electrons. The minimum Gasteiger partial charge on any atom is -0.486 e. The Morgan fingerprint density at radius 1 is 1.33 bits per heavy atom. The topological polar surface area (TPSA) is 98.5 Å². The van der Waals surface area contributed by atoms with Crippen LogP contribution >= 0.6 is 0 Å². The lowest BCUT2D eigenvalue weighted by Gasteiger charge is -2.12. The Hall–Kier alpha value is -2.37. The highest BCUT2D eigenvalue weighted by Crippen LogP contribution is 2.13. The van der Waals surface area contributed by atoms with Crippen molar-refractivity contribution in [3.8, 4) is 5.75 Å². The normalized spacial score (nSPS) is 11.3. The van der Waals surface area contributed by atoms with Crippen LogP contribution in [0.25, 0.3) is 0 Å². The maximum Gasteiger partial charge on any atom is 0.240 e. The molecule has 1 rings (SSSR count). The first-order valence-electron chi connectivity index (χ1n) is 5.31. The molecule has 3 N–H and O–H groups in total. The molecule has 0 saturated carbocycles. The second-order valence-electron chi connectivity index (χ2n) is 3.57. The third-order valence-electron chi connectivity index (χ3n) is 2.29. The zero-order valence-corrected chi connectivity index (χ0v) is 9.67. The summed E-state index contributed by atoms with van der Waals surface area (Å²) in [6, 6.07) is 6.10. The molecule has 0 fully saturated rings. The fourth-order valence-corrected chi connectivity index (χ4v) is 1.41. The first-order chi connectivity index (χ1) is 8.67. The molecule has 0 aromatic heterocycles. The largest absolute Gasteiger partial charge is 0.486 e. The summed E-state index contributed by atoms with van der Waals surface area (Å²) >= 11 is 0. The van der Waals surface area contributed by atoms with Crippen LogP contribution in [-0.4, -0.2) is 31.3 Å². The van der Waals surface area contributed by atoms with Crippen LogP contribution in [0.3, 0.4) is 0 Å². The van der Waals surface area contributed by atoms with Gasteiger partial charge in [0.15, 0.2) is 6.29 Å². The Morgan fingerprint density at radius 2 is 2.00 bits per heavy atom. The van der Waals surface area contributed by atoms with E-state index in [1.54, 1.807) is 24.3 Å². The first-order valence-corrected chi connectivity index (χ1v) is 5.31. The van der Waals surface area contributed by atoms with E-state index >= 15 is 0 Å². The van der Waals surface area contributed by atoms with Crippen molar-refractivity contribution in [2.45, 2.75) is 12.5 Å². The van der Waals surface area contributed by atoms with E-state index in [2.05, 4.69) is 5.32 Å². The van der Waals surface area contributed by atoms with Crippen molar-refractivity contribution in [2.24, 2.45) is 5.73 Å². The molecule has 0 saturated heterocycles. The van der Waals surface area contributed by atoms with E-state index in [0.29, 0.717) is 24.9 Å². The van der Waals surface area contributed by atoms with Gasteiger partial charge in [0, 0.05) is 6.42 Å². The maximum atomic E-state index is 11.0. The van der Waals surface area contributed by atoms with Gasteiger partial charge in [0.25, 0.3) is 0 Å². The monoisotopic (exact) mass is 250 g/mol. The van der Waals surface area contributed by atoms with Crippen LogP contribution in [0.5, 0.6) is 5.75 Å². The van der Waals surface area contributed by atoms with Crippen LogP contribution in [0.4, 0.5) is 0 Å². The number of carbonyl (C=O) groups excluding carboxylic acids is 3. The minimum atomic E-state index is -0.732. The predicted octanol–water partition coefficient (Wildman–Crippen LogP) is -0.593. The summed E-state index contributed by atoms with van der Waals surface area (Å²) in [5.74, 6) is -0.0341. The Bertz CT molecular complexity index is 417. The van der Waals surface area contributed by atoms with Gasteiger partial charge in [-0.2, -0.15) is 0 Å². The molecule has 0 aliphatic rings. The van der Waals surface area contributed by atoms with Gasteiger partial charge in [-0.25, -0.2) is 0 Å². The van der Waals surface area contributed by atoms with Crippen molar-refractivity contribution >= 4 is 18.6 Å². The van der Waals surface area contributed by atoms with Crippen LogP contribution in [0.15, 0.2) is 24.3 Å². The van der Waals surface area contributed by atoms with Crippen LogP contribution in [-0.2, 0) is 20.8 Å². The van der Waals surface area contributed by atoms with Crippen molar-refractivity contribution in [3.63, 3.8) is 0 Å². The second-order valence-corrected chi connectivity index (χ2v) is 3.57. The third kappa shape index (κ3) is 4.25. The van der Waals surface area contributed by atoms with E-state index in [4.69, 9.17) is 10.5 Å². The summed E-state index contributed by atoms with van der Waals surface area (Å²) in [6.07, 6.45) is 1.41. The Balaban J connectivity index is 2.63. The molecule has 0 unspecified atom stereocenters. The van der Waals surface area contributed by atoms with Crippen LogP contribution in [0.2, 0.25) is 0 Å². The van der Waals surface area contributed by atoms with Crippen LogP contribution in [0, 0.1) is 0 Å². The van der Waals surface area contributed by atoms with Crippen LogP contribution in [0.1, 0.15) is 5.56 Å². The molecule has 6 nitrogen and oxygen atoms in total. The zero-order valence-electron chi connectivity index (χ0n) is 9.67. The molecule has 18 heavy (non-hydrogen) atoms. The number of carbonyl (C=O) groups is 3. The fraction of sp³-hybridized carbons (Fsp3) is 0.250. The van der Waals surface area contributed by atoms with Gasteiger partial charge in [-0.15, -0.1) is 0 Å². The summed E-state index contributed by atoms with van der Waals surface area (Å²) in [5.41, 5.74) is 5.97. The number of amides is 2. The highest BCUT2D eigenvalue weighted by molar-refractivity contribution is 5.82. The summed E-state index contributed by atoms with van der Waals surface area (Å²) in [7, 11) is 0. The molecule has 1 atom stereocenters. The zero-order chi connectivity index (χ0) is 13.4. The summed E-state index contributed by atoms with van der Waals surface area (Å²) in [4.78, 5) is 31.5. The molecular formula is C12H14N2O4. The molecule has 0 spiro atoms. The van der Waals surface area contributed by atoms with E-state index in [1.807, 2.05) is 0 Å². The van der Waals surface area contributed by atoms with E-state index in [-0.39, 0.29) is 6.61 Å². The quantitative estimate of drug-likeness (QED) is 0.602. The number of hydrogen-bond donors (Lipinski definition) is 2. The molecule has 0 radical (unpaired) electrons. The van der Waals surface area contributed by atoms with Crippen molar-refractivity contribution in [1.29, 1.82) is 0 Å². The SMILES string of the molecule is NC(=O)[C@H](Cc1ccc(OCC=O)cc1)NC=O. The van der Waals surface area contributed by atoms with Gasteiger partial charge in [-0.3, -0.25) is 14.4 Å². The Morgan fingerprint density at radius 3 is 2.50 bits per heavy atom. The molecule has 0 heterocycles. The lowest BCUT2D eigenvalue weighted by molar-refractivity contribution is -0.122. The number of rotatable bonds is 8. The molecular weight excluding hydrogens is 236 g/mol. The number of nitrogens with two attached hydrogens (primary N) is 1. The Kier molecular flexibility index (Phi) is 5.37. The third-order valence-corrected chi connectivity index (χ3v) is 2.29. The van der Waals surface area contributed by atoms with Gasteiger partial charge in [0.05, 0.1) is 0 Å².